The van der Waals surface area contributed by atoms with Gasteiger partial charge in [-0.1, -0.05) is 18.2 Å². The Balaban J connectivity index is 0.000000384. The standard InChI is InChI=1S/C23H26N4O2.2C2HF3O2/c1-29-21-6-3-16(4-7-21)22(24)23(28)27-12-9-19(10-13-27)26-20-5-2-18-15-25-11-8-17(18)14-20;2*3-2(4,5)1(6)7/h2-8,11,14-15,19,22,26H,9-10,12-13,24H2,1H3;2*(H,6,7). The van der Waals surface area contributed by atoms with Crippen LogP contribution in [0.15, 0.2) is 60.9 Å². The zero-order valence-corrected chi connectivity index (χ0v) is 22.5. The van der Waals surface area contributed by atoms with E-state index >= 15 is 0 Å². The lowest BCUT2D eigenvalue weighted by molar-refractivity contribution is -0.193. The molecule has 4 rings (SSSR count). The van der Waals surface area contributed by atoms with E-state index in [4.69, 9.17) is 30.3 Å². The number of aromatic nitrogens is 1. The van der Waals surface area contributed by atoms with Crippen LogP contribution in [-0.4, -0.2) is 76.5 Å². The lowest BCUT2D eigenvalue weighted by atomic mass is 10.0. The average molecular weight is 619 g/mol. The fourth-order valence-electron chi connectivity index (χ4n) is 3.80. The minimum atomic E-state index is -5.08. The van der Waals surface area contributed by atoms with Gasteiger partial charge < -0.3 is 30.9 Å². The Morgan fingerprint density at radius 1 is 0.930 bits per heavy atom. The number of anilines is 1. The number of halogens is 6. The zero-order valence-electron chi connectivity index (χ0n) is 22.5. The van der Waals surface area contributed by atoms with Crippen molar-refractivity contribution in [2.45, 2.75) is 37.3 Å². The van der Waals surface area contributed by atoms with Gasteiger partial charge in [-0.25, -0.2) is 9.59 Å². The van der Waals surface area contributed by atoms with E-state index in [1.54, 1.807) is 7.11 Å². The number of amides is 1. The number of fused-ring (bicyclic) bond motifs is 1. The van der Waals surface area contributed by atoms with Crippen LogP contribution in [0.5, 0.6) is 5.75 Å². The Labute approximate surface area is 241 Å². The van der Waals surface area contributed by atoms with Crippen LogP contribution >= 0.6 is 0 Å². The van der Waals surface area contributed by atoms with E-state index in [1.165, 1.54) is 5.39 Å². The predicted octanol–water partition coefficient (Wildman–Crippen LogP) is 4.61. The lowest BCUT2D eigenvalue weighted by Crippen LogP contribution is -2.45. The van der Waals surface area contributed by atoms with Gasteiger partial charge in [0.15, 0.2) is 0 Å². The van der Waals surface area contributed by atoms with Crippen molar-refractivity contribution >= 4 is 34.3 Å². The average Bonchev–Trinajstić information content (AvgIpc) is 2.96. The van der Waals surface area contributed by atoms with Crippen LogP contribution < -0.4 is 15.8 Å². The third-order valence-electron chi connectivity index (χ3n) is 6.04. The molecule has 1 aromatic heterocycles. The molecule has 1 atom stereocenters. The summed E-state index contributed by atoms with van der Waals surface area (Å²) in [6, 6.07) is 15.4. The number of carbonyl (C=O) groups is 3. The number of methoxy groups -OCH3 is 1. The predicted molar refractivity (Wildman–Crippen MR) is 142 cm³/mol. The Morgan fingerprint density at radius 2 is 1.47 bits per heavy atom. The number of hydrogen-bond donors (Lipinski definition) is 4. The van der Waals surface area contributed by atoms with Crippen molar-refractivity contribution < 1.29 is 55.7 Å². The smallest absolute Gasteiger partial charge is 0.490 e. The van der Waals surface area contributed by atoms with Crippen molar-refractivity contribution in [2.24, 2.45) is 5.73 Å². The van der Waals surface area contributed by atoms with E-state index in [-0.39, 0.29) is 5.91 Å². The van der Waals surface area contributed by atoms with Crippen LogP contribution in [-0.2, 0) is 14.4 Å². The first kappa shape index (κ1) is 34.6. The molecule has 1 aliphatic heterocycles. The highest BCUT2D eigenvalue weighted by Crippen LogP contribution is 2.24. The SMILES string of the molecule is COc1ccc(C(N)C(=O)N2CCC(Nc3ccc4cnccc4c3)CC2)cc1.O=C(O)C(F)(F)F.O=C(O)C(F)(F)F. The molecule has 10 nitrogen and oxygen atoms in total. The molecule has 0 radical (unpaired) electrons. The molecule has 0 spiro atoms. The Morgan fingerprint density at radius 3 is 1.95 bits per heavy atom. The number of pyridine rings is 1. The van der Waals surface area contributed by atoms with Gasteiger partial charge in [0.05, 0.1) is 7.11 Å². The van der Waals surface area contributed by atoms with E-state index < -0.39 is 30.3 Å². The Bertz CT molecular complexity index is 1350. The van der Waals surface area contributed by atoms with Crippen molar-refractivity contribution in [3.05, 3.63) is 66.5 Å². The summed E-state index contributed by atoms with van der Waals surface area (Å²) in [5.74, 6) is -4.78. The molecule has 1 saturated heterocycles. The number of carbonyl (C=O) groups excluding carboxylic acids is 1. The quantitative estimate of drug-likeness (QED) is 0.300. The summed E-state index contributed by atoms with van der Waals surface area (Å²) in [6.07, 6.45) is -4.69. The molecule has 2 aromatic carbocycles. The second-order valence-electron chi connectivity index (χ2n) is 9.04. The number of nitrogens with zero attached hydrogens (tertiary/aromatic N) is 2. The highest BCUT2D eigenvalue weighted by atomic mass is 19.4. The van der Waals surface area contributed by atoms with Gasteiger partial charge in [-0.15, -0.1) is 0 Å². The summed E-state index contributed by atoms with van der Waals surface area (Å²) in [5, 5.41) is 20.2. The van der Waals surface area contributed by atoms with Gasteiger partial charge >= 0.3 is 24.3 Å². The van der Waals surface area contributed by atoms with E-state index in [0.29, 0.717) is 19.1 Å². The molecule has 0 saturated carbocycles. The van der Waals surface area contributed by atoms with Crippen LogP contribution in [0.1, 0.15) is 24.4 Å². The second-order valence-corrected chi connectivity index (χ2v) is 9.04. The van der Waals surface area contributed by atoms with Gasteiger partial charge in [0.25, 0.3) is 0 Å². The third kappa shape index (κ3) is 11.0. The Kier molecular flexibility index (Phi) is 12.1. The van der Waals surface area contributed by atoms with Crippen LogP contribution in [0.25, 0.3) is 10.8 Å². The number of alkyl halides is 6. The number of rotatable bonds is 5. The van der Waals surface area contributed by atoms with E-state index in [2.05, 4.69) is 28.5 Å². The molecule has 1 amide bonds. The van der Waals surface area contributed by atoms with Crippen molar-refractivity contribution in [3.8, 4) is 5.75 Å². The molecule has 16 heteroatoms. The molecule has 1 aliphatic rings. The van der Waals surface area contributed by atoms with E-state index in [0.717, 1.165) is 35.2 Å². The first-order valence-electron chi connectivity index (χ1n) is 12.4. The number of carboxylic acid groups (broad SMARTS) is 2. The van der Waals surface area contributed by atoms with Crippen molar-refractivity contribution in [3.63, 3.8) is 0 Å². The van der Waals surface area contributed by atoms with Gasteiger partial charge in [-0.05, 0) is 54.1 Å². The van der Waals surface area contributed by atoms with E-state index in [9.17, 15) is 31.1 Å². The maximum Gasteiger partial charge on any atom is 0.490 e. The summed E-state index contributed by atoms with van der Waals surface area (Å²) >= 11 is 0. The van der Waals surface area contributed by atoms with Crippen molar-refractivity contribution in [1.29, 1.82) is 0 Å². The molecule has 0 bridgehead atoms. The lowest BCUT2D eigenvalue weighted by Gasteiger charge is -2.34. The highest BCUT2D eigenvalue weighted by Gasteiger charge is 2.39. The summed E-state index contributed by atoms with van der Waals surface area (Å²) < 4.78 is 68.6. The fraction of sp³-hybridized carbons (Fsp3) is 0.333. The van der Waals surface area contributed by atoms with Gasteiger partial charge in [-0.3, -0.25) is 9.78 Å². The van der Waals surface area contributed by atoms with Crippen LogP contribution in [0.2, 0.25) is 0 Å². The van der Waals surface area contributed by atoms with Crippen LogP contribution in [0.4, 0.5) is 32.0 Å². The third-order valence-corrected chi connectivity index (χ3v) is 6.04. The number of likely N-dealkylation sites (tertiary alicyclic amines) is 1. The summed E-state index contributed by atoms with van der Waals surface area (Å²) in [6.45, 7) is 1.41. The summed E-state index contributed by atoms with van der Waals surface area (Å²) in [7, 11) is 1.62. The number of nitrogens with two attached hydrogens (primary N) is 1. The first-order valence-corrected chi connectivity index (χ1v) is 12.4. The summed E-state index contributed by atoms with van der Waals surface area (Å²) in [4.78, 5) is 36.6. The molecule has 3 aromatic rings. The minimum absolute atomic E-state index is 0.0215. The van der Waals surface area contributed by atoms with Gasteiger partial charge in [0.2, 0.25) is 5.91 Å². The number of aliphatic carboxylic acids is 2. The number of piperidine rings is 1. The molecule has 2 heterocycles. The normalized spacial score (nSPS) is 14.4. The molecular formula is C27H28F6N4O6. The van der Waals surface area contributed by atoms with Gasteiger partial charge in [0.1, 0.15) is 11.8 Å². The number of benzene rings is 2. The van der Waals surface area contributed by atoms with Crippen molar-refractivity contribution in [2.75, 3.05) is 25.5 Å². The topological polar surface area (TPSA) is 155 Å². The van der Waals surface area contributed by atoms with Gasteiger partial charge in [0, 0.05) is 42.6 Å². The Hall–Kier alpha value is -4.60. The number of ether oxygens (including phenoxy) is 1. The first-order chi connectivity index (χ1) is 20.0. The number of hydrogen-bond acceptors (Lipinski definition) is 7. The maximum absolute atomic E-state index is 12.8. The molecule has 1 fully saturated rings. The highest BCUT2D eigenvalue weighted by molar-refractivity contribution is 5.85. The minimum Gasteiger partial charge on any atom is -0.497 e. The molecular weight excluding hydrogens is 590 g/mol. The molecule has 0 aliphatic carbocycles. The maximum atomic E-state index is 12.8. The largest absolute Gasteiger partial charge is 0.497 e. The molecule has 234 valence electrons. The van der Waals surface area contributed by atoms with Crippen molar-refractivity contribution in [1.82, 2.24) is 9.88 Å². The fourth-order valence-corrected chi connectivity index (χ4v) is 3.80. The molecule has 1 unspecified atom stereocenters. The van der Waals surface area contributed by atoms with Crippen LogP contribution in [0, 0.1) is 0 Å². The summed E-state index contributed by atoms with van der Waals surface area (Å²) in [5.41, 5.74) is 8.13. The van der Waals surface area contributed by atoms with E-state index in [1.807, 2.05) is 47.6 Å². The number of carboxylic acids is 2. The molecule has 5 N–H and O–H groups in total. The monoisotopic (exact) mass is 618 g/mol. The van der Waals surface area contributed by atoms with Gasteiger partial charge in [-0.2, -0.15) is 26.3 Å². The zero-order chi connectivity index (χ0) is 32.4. The second kappa shape index (κ2) is 15.0. The number of nitrogens with one attached hydrogen (secondary N) is 1. The van der Waals surface area contributed by atoms with Crippen LogP contribution in [0.3, 0.4) is 0 Å². The molecule has 43 heavy (non-hydrogen) atoms.